The maximum atomic E-state index is 11.9. The largest absolute Gasteiger partial charge is 0.481 e. The summed E-state index contributed by atoms with van der Waals surface area (Å²) in [5.74, 6) is -1.06. The zero-order valence-electron chi connectivity index (χ0n) is 12.6. The highest BCUT2D eigenvalue weighted by Crippen LogP contribution is 2.21. The summed E-state index contributed by atoms with van der Waals surface area (Å²) in [5.41, 5.74) is 7.42. The van der Waals surface area contributed by atoms with Crippen molar-refractivity contribution in [1.29, 1.82) is 0 Å². The van der Waals surface area contributed by atoms with E-state index < -0.39 is 12.0 Å². The molecule has 0 fully saturated rings. The Kier molecular flexibility index (Phi) is 6.88. The minimum atomic E-state index is -0.818. The van der Waals surface area contributed by atoms with Gasteiger partial charge in [-0.3, -0.25) is 9.59 Å². The van der Waals surface area contributed by atoms with Crippen LogP contribution in [0.2, 0.25) is 0 Å². The van der Waals surface area contributed by atoms with Crippen molar-refractivity contribution in [2.75, 3.05) is 5.32 Å². The third-order valence-electron chi connectivity index (χ3n) is 3.43. The Morgan fingerprint density at radius 2 is 1.90 bits per heavy atom. The SMILES string of the molecule is CCCCC(N)C(=O)Nc1ccc(C(C)CC(=O)O)cc1. The van der Waals surface area contributed by atoms with Gasteiger partial charge in [-0.15, -0.1) is 0 Å². The number of carbonyl (C=O) groups excluding carboxylic acids is 1. The van der Waals surface area contributed by atoms with Gasteiger partial charge in [-0.1, -0.05) is 38.8 Å². The lowest BCUT2D eigenvalue weighted by molar-refractivity contribution is -0.137. The summed E-state index contributed by atoms with van der Waals surface area (Å²) >= 11 is 0. The van der Waals surface area contributed by atoms with Gasteiger partial charge in [0.05, 0.1) is 12.5 Å². The first kappa shape index (κ1) is 17.2. The number of amides is 1. The molecule has 1 aromatic rings. The van der Waals surface area contributed by atoms with Crippen molar-refractivity contribution in [3.63, 3.8) is 0 Å². The molecule has 0 aliphatic heterocycles. The van der Waals surface area contributed by atoms with E-state index >= 15 is 0 Å². The molecule has 0 saturated heterocycles. The zero-order chi connectivity index (χ0) is 15.8. The van der Waals surface area contributed by atoms with Gasteiger partial charge < -0.3 is 16.2 Å². The Morgan fingerprint density at radius 3 is 2.43 bits per heavy atom. The smallest absolute Gasteiger partial charge is 0.303 e. The highest BCUT2D eigenvalue weighted by Gasteiger charge is 2.13. The highest BCUT2D eigenvalue weighted by atomic mass is 16.4. The van der Waals surface area contributed by atoms with Gasteiger partial charge in [0.1, 0.15) is 0 Å². The number of nitrogens with one attached hydrogen (secondary N) is 1. The first-order chi connectivity index (χ1) is 9.93. The van der Waals surface area contributed by atoms with Crippen molar-refractivity contribution in [2.45, 2.75) is 51.5 Å². The fraction of sp³-hybridized carbons (Fsp3) is 0.500. The molecule has 2 atom stereocenters. The minimum Gasteiger partial charge on any atom is -0.481 e. The lowest BCUT2D eigenvalue weighted by Gasteiger charge is -2.13. The molecule has 0 saturated carbocycles. The van der Waals surface area contributed by atoms with Crippen LogP contribution >= 0.6 is 0 Å². The van der Waals surface area contributed by atoms with E-state index in [1.165, 1.54) is 0 Å². The quantitative estimate of drug-likeness (QED) is 0.687. The summed E-state index contributed by atoms with van der Waals surface area (Å²) in [5, 5.41) is 11.6. The van der Waals surface area contributed by atoms with Gasteiger partial charge in [0, 0.05) is 5.69 Å². The summed E-state index contributed by atoms with van der Waals surface area (Å²) in [6.45, 7) is 3.92. The number of unbranched alkanes of at least 4 members (excludes halogenated alkanes) is 1. The number of anilines is 1. The first-order valence-electron chi connectivity index (χ1n) is 7.32. The third kappa shape index (κ3) is 5.95. The molecule has 0 heterocycles. The molecule has 116 valence electrons. The topological polar surface area (TPSA) is 92.4 Å². The number of carbonyl (C=O) groups is 2. The molecule has 0 spiro atoms. The van der Waals surface area contributed by atoms with Gasteiger partial charge in [0.15, 0.2) is 0 Å². The third-order valence-corrected chi connectivity index (χ3v) is 3.43. The molecule has 0 aromatic heterocycles. The van der Waals surface area contributed by atoms with Crippen LogP contribution in [0, 0.1) is 0 Å². The average molecular weight is 292 g/mol. The zero-order valence-corrected chi connectivity index (χ0v) is 12.6. The molecule has 2 unspecified atom stereocenters. The number of benzene rings is 1. The molecule has 0 radical (unpaired) electrons. The predicted octanol–water partition coefficient (Wildman–Crippen LogP) is 2.72. The van der Waals surface area contributed by atoms with Crippen LogP contribution in [-0.4, -0.2) is 23.0 Å². The summed E-state index contributed by atoms with van der Waals surface area (Å²) < 4.78 is 0. The van der Waals surface area contributed by atoms with Crippen LogP contribution in [-0.2, 0) is 9.59 Å². The highest BCUT2D eigenvalue weighted by molar-refractivity contribution is 5.94. The Morgan fingerprint density at radius 1 is 1.29 bits per heavy atom. The van der Waals surface area contributed by atoms with Gasteiger partial charge >= 0.3 is 5.97 Å². The molecule has 5 nitrogen and oxygen atoms in total. The van der Waals surface area contributed by atoms with Gasteiger partial charge in [-0.25, -0.2) is 0 Å². The normalized spacial score (nSPS) is 13.5. The van der Waals surface area contributed by atoms with Crippen LogP contribution in [0.1, 0.15) is 51.0 Å². The summed E-state index contributed by atoms with van der Waals surface area (Å²) in [7, 11) is 0. The number of rotatable bonds is 8. The molecule has 21 heavy (non-hydrogen) atoms. The van der Waals surface area contributed by atoms with E-state index in [1.807, 2.05) is 19.1 Å². The van der Waals surface area contributed by atoms with Crippen LogP contribution in [0.25, 0.3) is 0 Å². The monoisotopic (exact) mass is 292 g/mol. The van der Waals surface area contributed by atoms with Crippen molar-refractivity contribution in [1.82, 2.24) is 0 Å². The molecule has 0 bridgehead atoms. The van der Waals surface area contributed by atoms with Gasteiger partial charge in [0.2, 0.25) is 5.91 Å². The fourth-order valence-corrected chi connectivity index (χ4v) is 2.06. The fourth-order valence-electron chi connectivity index (χ4n) is 2.06. The predicted molar refractivity (Wildman–Crippen MR) is 83.2 cm³/mol. The Labute approximate surface area is 125 Å². The van der Waals surface area contributed by atoms with E-state index in [1.54, 1.807) is 12.1 Å². The number of carboxylic acids is 1. The van der Waals surface area contributed by atoms with Crippen molar-refractivity contribution < 1.29 is 14.7 Å². The van der Waals surface area contributed by atoms with Gasteiger partial charge in [-0.2, -0.15) is 0 Å². The van der Waals surface area contributed by atoms with Gasteiger partial charge in [-0.05, 0) is 30.0 Å². The first-order valence-corrected chi connectivity index (χ1v) is 7.32. The Hall–Kier alpha value is -1.88. The second-order valence-electron chi connectivity index (χ2n) is 5.36. The maximum absolute atomic E-state index is 11.9. The Bertz CT molecular complexity index is 471. The van der Waals surface area contributed by atoms with Crippen LogP contribution in [0.4, 0.5) is 5.69 Å². The van der Waals surface area contributed by atoms with E-state index in [0.29, 0.717) is 12.1 Å². The van der Waals surface area contributed by atoms with Gasteiger partial charge in [0.25, 0.3) is 0 Å². The molecule has 1 rings (SSSR count). The van der Waals surface area contributed by atoms with E-state index in [4.69, 9.17) is 10.8 Å². The van der Waals surface area contributed by atoms with Crippen LogP contribution in [0.3, 0.4) is 0 Å². The number of nitrogens with two attached hydrogens (primary N) is 1. The summed E-state index contributed by atoms with van der Waals surface area (Å²) in [4.78, 5) is 22.6. The molecular formula is C16H24N2O3. The van der Waals surface area contributed by atoms with E-state index in [2.05, 4.69) is 12.2 Å². The average Bonchev–Trinajstić information content (AvgIpc) is 2.44. The van der Waals surface area contributed by atoms with Crippen molar-refractivity contribution >= 4 is 17.6 Å². The second-order valence-corrected chi connectivity index (χ2v) is 5.36. The molecule has 4 N–H and O–H groups in total. The van der Waals surface area contributed by atoms with Crippen molar-refractivity contribution in [3.8, 4) is 0 Å². The van der Waals surface area contributed by atoms with E-state index in [9.17, 15) is 9.59 Å². The number of aliphatic carboxylic acids is 1. The molecule has 0 aliphatic carbocycles. The van der Waals surface area contributed by atoms with Crippen LogP contribution in [0.15, 0.2) is 24.3 Å². The molecule has 1 amide bonds. The maximum Gasteiger partial charge on any atom is 0.303 e. The van der Waals surface area contributed by atoms with Crippen LogP contribution < -0.4 is 11.1 Å². The summed E-state index contributed by atoms with van der Waals surface area (Å²) in [6.07, 6.45) is 2.71. The van der Waals surface area contributed by atoms with Crippen molar-refractivity contribution in [2.24, 2.45) is 5.73 Å². The molecule has 1 aromatic carbocycles. The van der Waals surface area contributed by atoms with E-state index in [-0.39, 0.29) is 18.2 Å². The van der Waals surface area contributed by atoms with Crippen molar-refractivity contribution in [3.05, 3.63) is 29.8 Å². The van der Waals surface area contributed by atoms with E-state index in [0.717, 1.165) is 18.4 Å². The molecule has 0 aliphatic rings. The molecule has 5 heteroatoms. The van der Waals surface area contributed by atoms with Crippen LogP contribution in [0.5, 0.6) is 0 Å². The standard InChI is InChI=1S/C16H24N2O3/c1-3-4-5-14(17)16(21)18-13-8-6-12(7-9-13)11(2)10-15(19)20/h6-9,11,14H,3-5,10,17H2,1-2H3,(H,18,21)(H,19,20). The minimum absolute atomic E-state index is 0.0564. The number of hydrogen-bond donors (Lipinski definition) is 3. The number of carboxylic acid groups (broad SMARTS) is 1. The summed E-state index contributed by atoms with van der Waals surface area (Å²) in [6, 6.07) is 6.73. The lowest BCUT2D eigenvalue weighted by atomic mass is 9.98. The lowest BCUT2D eigenvalue weighted by Crippen LogP contribution is -2.35. The molecular weight excluding hydrogens is 268 g/mol. The number of hydrogen-bond acceptors (Lipinski definition) is 3. The Balaban J connectivity index is 2.58. The second kappa shape index (κ2) is 8.42.